The first kappa shape index (κ1) is 16.9. The van der Waals surface area contributed by atoms with Crippen molar-refractivity contribution in [1.82, 2.24) is 14.8 Å². The van der Waals surface area contributed by atoms with Crippen LogP contribution < -0.4 is 5.73 Å². The number of benzene rings is 1. The Hall–Kier alpha value is -1.50. The summed E-state index contributed by atoms with van der Waals surface area (Å²) in [5, 5.41) is 9.48. The highest BCUT2D eigenvalue weighted by Crippen LogP contribution is 2.32. The summed E-state index contributed by atoms with van der Waals surface area (Å²) in [4.78, 5) is 11.2. The van der Waals surface area contributed by atoms with Crippen molar-refractivity contribution in [2.24, 2.45) is 5.73 Å². The zero-order chi connectivity index (χ0) is 16.3. The zero-order valence-corrected chi connectivity index (χ0v) is 14.1. The zero-order valence-electron chi connectivity index (χ0n) is 11.8. The molecule has 1 aromatic heterocycles. The average Bonchev–Trinajstić information content (AvgIpc) is 2.82. The molecule has 0 radical (unpaired) electrons. The van der Waals surface area contributed by atoms with Gasteiger partial charge in [-0.2, -0.15) is 0 Å². The predicted octanol–water partition coefficient (Wildman–Crippen LogP) is 3.40. The summed E-state index contributed by atoms with van der Waals surface area (Å²) >= 11 is 13.4. The molecular formula is C14H14Cl2N4OS. The van der Waals surface area contributed by atoms with Crippen molar-refractivity contribution in [1.29, 1.82) is 0 Å². The lowest BCUT2D eigenvalue weighted by molar-refractivity contribution is -0.117. The number of rotatable bonds is 6. The van der Waals surface area contributed by atoms with E-state index in [0.717, 1.165) is 0 Å². The molecule has 0 saturated heterocycles. The second-order valence-corrected chi connectivity index (χ2v) is 6.64. The van der Waals surface area contributed by atoms with Gasteiger partial charge >= 0.3 is 0 Å². The number of hydrogen-bond acceptors (Lipinski definition) is 4. The first-order valence-electron chi connectivity index (χ1n) is 6.39. The van der Waals surface area contributed by atoms with Crippen LogP contribution in [0.3, 0.4) is 0 Å². The Bertz CT molecular complexity index is 717. The number of nitrogens with zero attached hydrogens (tertiary/aromatic N) is 3. The first-order chi connectivity index (χ1) is 10.4. The van der Waals surface area contributed by atoms with Crippen molar-refractivity contribution in [2.45, 2.75) is 23.9 Å². The molecule has 1 aromatic carbocycles. The third kappa shape index (κ3) is 3.63. The fourth-order valence-electron chi connectivity index (χ4n) is 1.76. The number of halogens is 2. The van der Waals surface area contributed by atoms with E-state index < -0.39 is 11.2 Å². The Morgan fingerprint density at radius 1 is 1.50 bits per heavy atom. The van der Waals surface area contributed by atoms with Crippen molar-refractivity contribution in [3.05, 3.63) is 40.9 Å². The minimum absolute atomic E-state index is 0.413. The molecule has 2 rings (SSSR count). The van der Waals surface area contributed by atoms with E-state index in [-0.39, 0.29) is 0 Å². The molecule has 0 spiro atoms. The Labute approximate surface area is 142 Å². The van der Waals surface area contributed by atoms with Crippen LogP contribution in [0.5, 0.6) is 0 Å². The first-order valence-corrected chi connectivity index (χ1v) is 8.03. The van der Waals surface area contributed by atoms with E-state index in [1.807, 2.05) is 4.57 Å². The molecule has 0 aliphatic heterocycles. The van der Waals surface area contributed by atoms with Gasteiger partial charge < -0.3 is 5.73 Å². The van der Waals surface area contributed by atoms with Gasteiger partial charge in [0.2, 0.25) is 5.91 Å². The lowest BCUT2D eigenvalue weighted by Gasteiger charge is -2.10. The number of allylic oxidation sites excluding steroid dienone is 1. The summed E-state index contributed by atoms with van der Waals surface area (Å²) in [5.41, 5.74) is 6.00. The fraction of sp³-hybridized carbons (Fsp3) is 0.214. The molecule has 2 N–H and O–H groups in total. The highest BCUT2D eigenvalue weighted by molar-refractivity contribution is 8.00. The van der Waals surface area contributed by atoms with E-state index in [9.17, 15) is 4.79 Å². The van der Waals surface area contributed by atoms with E-state index in [4.69, 9.17) is 28.9 Å². The molecule has 116 valence electrons. The molecule has 8 heteroatoms. The normalized spacial score (nSPS) is 12.1. The van der Waals surface area contributed by atoms with Crippen LogP contribution in [0.1, 0.15) is 6.92 Å². The Morgan fingerprint density at radius 3 is 2.82 bits per heavy atom. The number of amides is 1. The number of thioether (sulfide) groups is 1. The van der Waals surface area contributed by atoms with Gasteiger partial charge in [0, 0.05) is 17.1 Å². The van der Waals surface area contributed by atoms with Gasteiger partial charge in [-0.3, -0.25) is 9.36 Å². The summed E-state index contributed by atoms with van der Waals surface area (Å²) in [6.45, 7) is 5.93. The number of nitrogens with two attached hydrogens (primary N) is 1. The molecule has 2 aromatic rings. The van der Waals surface area contributed by atoms with E-state index in [1.54, 1.807) is 31.2 Å². The molecule has 1 atom stereocenters. The van der Waals surface area contributed by atoms with E-state index >= 15 is 0 Å². The number of hydrogen-bond donors (Lipinski definition) is 1. The maximum absolute atomic E-state index is 11.2. The molecule has 0 saturated carbocycles. The largest absolute Gasteiger partial charge is 0.369 e. The highest BCUT2D eigenvalue weighted by Gasteiger charge is 2.20. The second-order valence-electron chi connectivity index (χ2n) is 4.49. The third-order valence-corrected chi connectivity index (χ3v) is 4.53. The van der Waals surface area contributed by atoms with Crippen LogP contribution >= 0.6 is 35.0 Å². The van der Waals surface area contributed by atoms with Gasteiger partial charge in [-0.05, 0) is 25.1 Å². The summed E-state index contributed by atoms with van der Waals surface area (Å²) in [6.07, 6.45) is 1.72. The average molecular weight is 357 g/mol. The van der Waals surface area contributed by atoms with E-state index in [0.29, 0.717) is 33.1 Å². The maximum atomic E-state index is 11.2. The van der Waals surface area contributed by atoms with Crippen LogP contribution in [0, 0.1) is 0 Å². The van der Waals surface area contributed by atoms with Crippen LogP contribution in [-0.2, 0) is 11.3 Å². The van der Waals surface area contributed by atoms with Crippen molar-refractivity contribution >= 4 is 40.9 Å². The van der Waals surface area contributed by atoms with Crippen LogP contribution in [0.25, 0.3) is 11.4 Å². The number of carbonyl (C=O) groups excluding carboxylic acids is 1. The SMILES string of the molecule is C=CCn1c(SC(C)C(N)=O)nnc1-c1ccc(Cl)cc1Cl. The Morgan fingerprint density at radius 2 is 2.23 bits per heavy atom. The molecule has 1 unspecified atom stereocenters. The molecule has 1 heterocycles. The van der Waals surface area contributed by atoms with Gasteiger partial charge in [0.1, 0.15) is 0 Å². The monoisotopic (exact) mass is 356 g/mol. The minimum atomic E-state index is -0.415. The molecular weight excluding hydrogens is 343 g/mol. The molecule has 1 amide bonds. The summed E-state index contributed by atoms with van der Waals surface area (Å²) in [7, 11) is 0. The van der Waals surface area contributed by atoms with Crippen LogP contribution in [-0.4, -0.2) is 25.9 Å². The smallest absolute Gasteiger partial charge is 0.230 e. The van der Waals surface area contributed by atoms with Crippen LogP contribution in [0.4, 0.5) is 0 Å². The molecule has 0 aliphatic carbocycles. The Kier molecular flexibility index (Phi) is 5.50. The minimum Gasteiger partial charge on any atom is -0.369 e. The fourth-order valence-corrected chi connectivity index (χ4v) is 3.06. The van der Waals surface area contributed by atoms with Gasteiger partial charge in [0.15, 0.2) is 11.0 Å². The number of primary amides is 1. The lowest BCUT2D eigenvalue weighted by Crippen LogP contribution is -2.23. The van der Waals surface area contributed by atoms with Crippen LogP contribution in [0.2, 0.25) is 10.0 Å². The molecule has 5 nitrogen and oxygen atoms in total. The lowest BCUT2D eigenvalue weighted by atomic mass is 10.2. The third-order valence-electron chi connectivity index (χ3n) is 2.88. The van der Waals surface area contributed by atoms with Crippen molar-refractivity contribution in [2.75, 3.05) is 0 Å². The van der Waals surface area contributed by atoms with Gasteiger partial charge in [-0.25, -0.2) is 0 Å². The topological polar surface area (TPSA) is 73.8 Å². The van der Waals surface area contributed by atoms with Gasteiger partial charge in [0.25, 0.3) is 0 Å². The summed E-state index contributed by atoms with van der Waals surface area (Å²) < 4.78 is 1.83. The molecule has 0 bridgehead atoms. The second kappa shape index (κ2) is 7.17. The van der Waals surface area contributed by atoms with Crippen molar-refractivity contribution in [3.8, 4) is 11.4 Å². The standard InChI is InChI=1S/C14H14Cl2N4OS/c1-3-6-20-13(10-5-4-9(15)7-11(10)16)18-19-14(20)22-8(2)12(17)21/h3-5,7-8H,1,6H2,2H3,(H2,17,21). The molecule has 0 fully saturated rings. The Balaban J connectivity index is 2.46. The molecule has 0 aliphatic rings. The summed E-state index contributed by atoms with van der Waals surface area (Å²) in [6, 6.07) is 5.15. The highest BCUT2D eigenvalue weighted by atomic mass is 35.5. The van der Waals surface area contributed by atoms with Gasteiger partial charge in [-0.15, -0.1) is 16.8 Å². The molecule has 22 heavy (non-hydrogen) atoms. The number of carbonyl (C=O) groups is 1. The van der Waals surface area contributed by atoms with Crippen molar-refractivity contribution in [3.63, 3.8) is 0 Å². The van der Waals surface area contributed by atoms with E-state index in [1.165, 1.54) is 11.8 Å². The predicted molar refractivity (Wildman–Crippen MR) is 90.2 cm³/mol. The summed E-state index contributed by atoms with van der Waals surface area (Å²) in [5.74, 6) is 0.171. The van der Waals surface area contributed by atoms with Gasteiger partial charge in [0.05, 0.1) is 10.3 Å². The quantitative estimate of drug-likeness (QED) is 0.635. The van der Waals surface area contributed by atoms with Gasteiger partial charge in [-0.1, -0.05) is 41.0 Å². The van der Waals surface area contributed by atoms with Crippen molar-refractivity contribution < 1.29 is 4.79 Å². The number of aromatic nitrogens is 3. The van der Waals surface area contributed by atoms with E-state index in [2.05, 4.69) is 16.8 Å². The van der Waals surface area contributed by atoms with Crippen LogP contribution in [0.15, 0.2) is 36.0 Å². The maximum Gasteiger partial charge on any atom is 0.230 e.